The highest BCUT2D eigenvalue weighted by molar-refractivity contribution is 5.82. The quantitative estimate of drug-likeness (QED) is 0.389. The zero-order valence-electron chi connectivity index (χ0n) is 19.0. The van der Waals surface area contributed by atoms with Crippen molar-refractivity contribution >= 4 is 18.0 Å². The Balaban J connectivity index is 1.20. The summed E-state index contributed by atoms with van der Waals surface area (Å²) in [6.45, 7) is -0.476. The van der Waals surface area contributed by atoms with E-state index in [1.807, 2.05) is 54.6 Å². The molecule has 4 rings (SSSR count). The Bertz CT molecular complexity index is 1150. The number of carbonyl (C=O) groups is 3. The molecule has 0 heterocycles. The van der Waals surface area contributed by atoms with Crippen molar-refractivity contribution in [1.82, 2.24) is 10.6 Å². The number of aliphatic carboxylic acids is 1. The second-order valence-corrected chi connectivity index (χ2v) is 8.11. The van der Waals surface area contributed by atoms with E-state index < -0.39 is 24.1 Å². The van der Waals surface area contributed by atoms with E-state index in [0.29, 0.717) is 0 Å². The van der Waals surface area contributed by atoms with E-state index >= 15 is 0 Å². The Morgan fingerprint density at radius 2 is 1.43 bits per heavy atom. The largest absolute Gasteiger partial charge is 0.479 e. The van der Waals surface area contributed by atoms with Crippen LogP contribution in [0.15, 0.2) is 78.9 Å². The van der Waals surface area contributed by atoms with Crippen LogP contribution in [0.3, 0.4) is 0 Å². The number of carboxylic acid groups (broad SMARTS) is 1. The van der Waals surface area contributed by atoms with Crippen molar-refractivity contribution in [2.45, 2.75) is 18.4 Å². The number of carbonyl (C=O) groups excluding carboxylic acids is 2. The second-order valence-electron chi connectivity index (χ2n) is 8.11. The van der Waals surface area contributed by atoms with E-state index in [-0.39, 0.29) is 32.2 Å². The fourth-order valence-corrected chi connectivity index (χ4v) is 4.13. The Morgan fingerprint density at radius 1 is 0.829 bits per heavy atom. The first kappa shape index (κ1) is 24.0. The lowest BCUT2D eigenvalue weighted by atomic mass is 9.98. The van der Waals surface area contributed by atoms with E-state index in [9.17, 15) is 19.5 Å². The van der Waals surface area contributed by atoms with E-state index in [0.717, 1.165) is 27.8 Å². The SMILES string of the molecule is O=C(CNC(=O)OCC1c2ccccc2-c2ccccc21)NCOC(Cc1ccccc1)C(=O)O. The Hall–Kier alpha value is -4.17. The molecule has 3 aromatic rings. The fourth-order valence-electron chi connectivity index (χ4n) is 4.13. The van der Waals surface area contributed by atoms with Crippen LogP contribution in [0, 0.1) is 0 Å². The van der Waals surface area contributed by atoms with Gasteiger partial charge in [-0.3, -0.25) is 4.79 Å². The molecule has 0 bridgehead atoms. The van der Waals surface area contributed by atoms with Crippen LogP contribution in [0.25, 0.3) is 11.1 Å². The molecule has 180 valence electrons. The normalized spacial score (nSPS) is 12.8. The van der Waals surface area contributed by atoms with Crippen molar-refractivity contribution in [2.75, 3.05) is 19.9 Å². The molecule has 0 saturated carbocycles. The van der Waals surface area contributed by atoms with Gasteiger partial charge in [0, 0.05) is 12.3 Å². The maximum absolute atomic E-state index is 12.2. The number of fused-ring (bicyclic) bond motifs is 3. The van der Waals surface area contributed by atoms with Gasteiger partial charge >= 0.3 is 12.1 Å². The molecule has 8 heteroatoms. The third-order valence-corrected chi connectivity index (χ3v) is 5.83. The molecule has 0 aliphatic heterocycles. The van der Waals surface area contributed by atoms with Gasteiger partial charge in [-0.05, 0) is 27.8 Å². The molecular weight excluding hydrogens is 448 g/mol. The summed E-state index contributed by atoms with van der Waals surface area (Å²) in [4.78, 5) is 35.6. The van der Waals surface area contributed by atoms with Crippen LogP contribution in [0.1, 0.15) is 22.6 Å². The van der Waals surface area contributed by atoms with Gasteiger partial charge in [-0.2, -0.15) is 0 Å². The maximum Gasteiger partial charge on any atom is 0.407 e. The predicted molar refractivity (Wildman–Crippen MR) is 129 cm³/mol. The van der Waals surface area contributed by atoms with Gasteiger partial charge in [0.2, 0.25) is 5.91 Å². The summed E-state index contributed by atoms with van der Waals surface area (Å²) in [5, 5.41) is 14.2. The highest BCUT2D eigenvalue weighted by Gasteiger charge is 2.29. The lowest BCUT2D eigenvalue weighted by Crippen LogP contribution is -2.40. The van der Waals surface area contributed by atoms with Crippen LogP contribution < -0.4 is 10.6 Å². The number of hydrogen-bond donors (Lipinski definition) is 3. The van der Waals surface area contributed by atoms with E-state index in [1.54, 1.807) is 12.1 Å². The molecule has 0 saturated heterocycles. The van der Waals surface area contributed by atoms with E-state index in [4.69, 9.17) is 9.47 Å². The maximum atomic E-state index is 12.2. The van der Waals surface area contributed by atoms with Gasteiger partial charge in [0.05, 0.1) is 0 Å². The highest BCUT2D eigenvalue weighted by Crippen LogP contribution is 2.44. The molecule has 0 radical (unpaired) electrons. The molecule has 3 aromatic carbocycles. The van der Waals surface area contributed by atoms with Crippen molar-refractivity contribution in [3.63, 3.8) is 0 Å². The van der Waals surface area contributed by atoms with Crippen molar-refractivity contribution in [3.8, 4) is 11.1 Å². The number of ether oxygens (including phenoxy) is 2. The molecule has 2 amide bonds. The van der Waals surface area contributed by atoms with Gasteiger partial charge in [-0.15, -0.1) is 0 Å². The topological polar surface area (TPSA) is 114 Å². The minimum absolute atomic E-state index is 0.0760. The standard InChI is InChI=1S/C27H26N2O6/c30-25(29-17-35-24(26(31)32)14-18-8-2-1-3-9-18)15-28-27(33)34-16-23-21-12-6-4-10-19(21)20-11-5-7-13-22(20)23/h1-13,23-24H,14-17H2,(H,28,33)(H,29,30)(H,31,32). The monoisotopic (exact) mass is 474 g/mol. The van der Waals surface area contributed by atoms with Crippen LogP contribution in [0.5, 0.6) is 0 Å². The number of rotatable bonds is 10. The van der Waals surface area contributed by atoms with Crippen molar-refractivity contribution in [1.29, 1.82) is 0 Å². The summed E-state index contributed by atoms with van der Waals surface area (Å²) in [5.74, 6) is -1.73. The zero-order valence-corrected chi connectivity index (χ0v) is 19.0. The molecule has 1 aliphatic carbocycles. The van der Waals surface area contributed by atoms with Gasteiger partial charge in [0.15, 0.2) is 6.10 Å². The number of nitrogens with one attached hydrogen (secondary N) is 2. The Morgan fingerprint density at radius 3 is 2.06 bits per heavy atom. The lowest BCUT2D eigenvalue weighted by Gasteiger charge is -2.15. The summed E-state index contributed by atoms with van der Waals surface area (Å²) < 4.78 is 10.7. The van der Waals surface area contributed by atoms with E-state index in [1.165, 1.54) is 0 Å². The molecule has 1 aliphatic rings. The molecule has 8 nitrogen and oxygen atoms in total. The fraction of sp³-hybridized carbons (Fsp3) is 0.222. The van der Waals surface area contributed by atoms with Crippen molar-refractivity contribution < 1.29 is 29.0 Å². The molecule has 35 heavy (non-hydrogen) atoms. The molecule has 1 atom stereocenters. The van der Waals surface area contributed by atoms with Crippen molar-refractivity contribution in [3.05, 3.63) is 95.6 Å². The molecule has 0 spiro atoms. The molecule has 0 aromatic heterocycles. The number of amides is 2. The number of alkyl carbamates (subject to hydrolysis) is 1. The van der Waals surface area contributed by atoms with Crippen LogP contribution in [-0.4, -0.2) is 49.1 Å². The Labute approximate surface area is 202 Å². The first-order chi connectivity index (χ1) is 17.0. The average molecular weight is 475 g/mol. The summed E-state index contributed by atoms with van der Waals surface area (Å²) in [6, 6.07) is 25.1. The summed E-state index contributed by atoms with van der Waals surface area (Å²) in [6.07, 6.45) is -1.65. The van der Waals surface area contributed by atoms with Gasteiger partial charge in [-0.25, -0.2) is 9.59 Å². The highest BCUT2D eigenvalue weighted by atomic mass is 16.5. The average Bonchev–Trinajstić information content (AvgIpc) is 3.20. The second kappa shape index (κ2) is 11.3. The number of carboxylic acids is 1. The van der Waals surface area contributed by atoms with Gasteiger partial charge < -0.3 is 25.2 Å². The van der Waals surface area contributed by atoms with Gasteiger partial charge in [-0.1, -0.05) is 78.9 Å². The third kappa shape index (κ3) is 6.04. The van der Waals surface area contributed by atoms with Crippen LogP contribution >= 0.6 is 0 Å². The molecule has 0 fully saturated rings. The van der Waals surface area contributed by atoms with Crippen LogP contribution in [0.4, 0.5) is 4.79 Å². The molecule has 3 N–H and O–H groups in total. The van der Waals surface area contributed by atoms with Crippen molar-refractivity contribution in [2.24, 2.45) is 0 Å². The minimum Gasteiger partial charge on any atom is -0.479 e. The summed E-state index contributed by atoms with van der Waals surface area (Å²) in [5.41, 5.74) is 5.26. The Kier molecular flexibility index (Phi) is 7.74. The van der Waals surface area contributed by atoms with Crippen LogP contribution in [0.2, 0.25) is 0 Å². The van der Waals surface area contributed by atoms with E-state index in [2.05, 4.69) is 22.8 Å². The molecular formula is C27H26N2O6. The number of hydrogen-bond acceptors (Lipinski definition) is 5. The summed E-state index contributed by atoms with van der Waals surface area (Å²) >= 11 is 0. The first-order valence-electron chi connectivity index (χ1n) is 11.3. The van der Waals surface area contributed by atoms with Gasteiger partial charge in [0.1, 0.15) is 19.9 Å². The van der Waals surface area contributed by atoms with Gasteiger partial charge in [0.25, 0.3) is 0 Å². The van der Waals surface area contributed by atoms with Crippen LogP contribution in [-0.2, 0) is 25.5 Å². The molecule has 1 unspecified atom stereocenters. The third-order valence-electron chi connectivity index (χ3n) is 5.83. The first-order valence-corrected chi connectivity index (χ1v) is 11.3. The minimum atomic E-state index is -1.13. The number of benzene rings is 3. The lowest BCUT2D eigenvalue weighted by molar-refractivity contribution is -0.151. The predicted octanol–water partition coefficient (Wildman–Crippen LogP) is 3.31. The smallest absolute Gasteiger partial charge is 0.407 e. The summed E-state index contributed by atoms with van der Waals surface area (Å²) in [7, 11) is 0. The zero-order chi connectivity index (χ0) is 24.6.